The van der Waals surface area contributed by atoms with Crippen molar-refractivity contribution >= 4 is 5.91 Å². The number of aromatic nitrogens is 1. The molecule has 1 heterocycles. The van der Waals surface area contributed by atoms with E-state index >= 15 is 0 Å². The van der Waals surface area contributed by atoms with Crippen molar-refractivity contribution < 1.29 is 15.0 Å². The first kappa shape index (κ1) is 15.6. The Morgan fingerprint density at radius 2 is 1.67 bits per heavy atom. The topological polar surface area (TPSA) is 82.5 Å². The monoisotopic (exact) mass is 320 g/mol. The Kier molecular flexibility index (Phi) is 4.43. The minimum atomic E-state index is -0.485. The Balaban J connectivity index is 1.95. The maximum Gasteiger partial charge on any atom is 0.255 e. The van der Waals surface area contributed by atoms with Gasteiger partial charge in [0.1, 0.15) is 0 Å². The molecule has 0 saturated carbocycles. The van der Waals surface area contributed by atoms with Crippen LogP contribution in [-0.4, -0.2) is 21.1 Å². The number of nitrogens with one attached hydrogen (secondary N) is 1. The van der Waals surface area contributed by atoms with E-state index in [1.165, 1.54) is 18.2 Å². The quantitative estimate of drug-likeness (QED) is 0.645. The molecule has 3 rings (SSSR count). The summed E-state index contributed by atoms with van der Waals surface area (Å²) in [5.41, 5.74) is 1.72. The molecule has 1 aromatic heterocycles. The van der Waals surface area contributed by atoms with Crippen LogP contribution in [0, 0.1) is 0 Å². The molecule has 120 valence electrons. The number of carbonyl (C=O) groups excluding carboxylic acids is 1. The fraction of sp³-hybridized carbons (Fsp3) is 0.0526. The zero-order valence-electron chi connectivity index (χ0n) is 12.8. The molecule has 24 heavy (non-hydrogen) atoms. The number of amides is 1. The van der Waals surface area contributed by atoms with E-state index in [1.54, 1.807) is 18.5 Å². The number of rotatable bonds is 4. The number of aromatic hydroxyl groups is 2. The standard InChI is InChI=1S/C19H16N2O3/c22-16-10-4-9-15(18(16)23)19(24)21-17(13-6-2-1-3-7-13)14-8-5-11-20-12-14/h1-12,17,22-23H,(H,21,24)/t17-/m1/s1. The largest absolute Gasteiger partial charge is 0.504 e. The van der Waals surface area contributed by atoms with Crippen LogP contribution in [0.5, 0.6) is 11.5 Å². The van der Waals surface area contributed by atoms with Gasteiger partial charge in [0, 0.05) is 12.4 Å². The van der Waals surface area contributed by atoms with Gasteiger partial charge in [0.2, 0.25) is 0 Å². The number of nitrogens with zero attached hydrogens (tertiary/aromatic N) is 1. The summed E-state index contributed by atoms with van der Waals surface area (Å²) in [5.74, 6) is -1.26. The molecule has 0 unspecified atom stereocenters. The van der Waals surface area contributed by atoms with Crippen LogP contribution in [0.25, 0.3) is 0 Å². The molecule has 0 bridgehead atoms. The zero-order chi connectivity index (χ0) is 16.9. The van der Waals surface area contributed by atoms with Gasteiger partial charge in [-0.1, -0.05) is 42.5 Å². The van der Waals surface area contributed by atoms with Crippen LogP contribution in [-0.2, 0) is 0 Å². The molecule has 0 aliphatic rings. The van der Waals surface area contributed by atoms with E-state index in [1.807, 2.05) is 36.4 Å². The summed E-state index contributed by atoms with van der Waals surface area (Å²) in [5, 5.41) is 22.4. The van der Waals surface area contributed by atoms with Crippen LogP contribution in [0.15, 0.2) is 73.1 Å². The first-order valence-electron chi connectivity index (χ1n) is 7.43. The van der Waals surface area contributed by atoms with E-state index in [4.69, 9.17) is 0 Å². The number of hydrogen-bond acceptors (Lipinski definition) is 4. The highest BCUT2D eigenvalue weighted by Crippen LogP contribution is 2.29. The number of phenolic OH excluding ortho intramolecular Hbond substituents is 2. The molecule has 3 aromatic rings. The van der Waals surface area contributed by atoms with Gasteiger partial charge in [-0.2, -0.15) is 0 Å². The van der Waals surface area contributed by atoms with E-state index in [2.05, 4.69) is 10.3 Å². The lowest BCUT2D eigenvalue weighted by Gasteiger charge is -2.20. The Bertz CT molecular complexity index is 796. The number of pyridine rings is 1. The zero-order valence-corrected chi connectivity index (χ0v) is 12.8. The van der Waals surface area contributed by atoms with Gasteiger partial charge < -0.3 is 15.5 Å². The van der Waals surface area contributed by atoms with Crippen LogP contribution in [0.4, 0.5) is 0 Å². The second-order valence-corrected chi connectivity index (χ2v) is 5.28. The Morgan fingerprint density at radius 1 is 0.917 bits per heavy atom. The van der Waals surface area contributed by atoms with Crippen LogP contribution >= 0.6 is 0 Å². The highest BCUT2D eigenvalue weighted by Gasteiger charge is 2.20. The van der Waals surface area contributed by atoms with Crippen molar-refractivity contribution in [3.8, 4) is 11.5 Å². The fourth-order valence-electron chi connectivity index (χ4n) is 2.47. The van der Waals surface area contributed by atoms with E-state index in [0.717, 1.165) is 11.1 Å². The van der Waals surface area contributed by atoms with Crippen molar-refractivity contribution in [3.63, 3.8) is 0 Å². The van der Waals surface area contributed by atoms with Crippen molar-refractivity contribution in [2.24, 2.45) is 0 Å². The van der Waals surface area contributed by atoms with Crippen LogP contribution < -0.4 is 5.32 Å². The third-order valence-corrected chi connectivity index (χ3v) is 3.69. The third kappa shape index (κ3) is 3.20. The predicted octanol–water partition coefficient (Wildman–Crippen LogP) is 3.01. The molecule has 0 aliphatic heterocycles. The average Bonchev–Trinajstić information content (AvgIpc) is 2.63. The predicted molar refractivity (Wildman–Crippen MR) is 89.8 cm³/mol. The van der Waals surface area contributed by atoms with E-state index in [0.29, 0.717) is 0 Å². The molecule has 0 fully saturated rings. The van der Waals surface area contributed by atoms with Crippen molar-refractivity contribution in [3.05, 3.63) is 89.7 Å². The lowest BCUT2D eigenvalue weighted by atomic mass is 9.99. The lowest BCUT2D eigenvalue weighted by molar-refractivity contribution is 0.0939. The minimum absolute atomic E-state index is 0.0137. The van der Waals surface area contributed by atoms with Crippen molar-refractivity contribution in [1.82, 2.24) is 10.3 Å². The van der Waals surface area contributed by atoms with Crippen molar-refractivity contribution in [2.45, 2.75) is 6.04 Å². The second-order valence-electron chi connectivity index (χ2n) is 5.28. The Morgan fingerprint density at radius 3 is 2.38 bits per heavy atom. The van der Waals surface area contributed by atoms with Crippen molar-refractivity contribution in [1.29, 1.82) is 0 Å². The normalized spacial score (nSPS) is 11.7. The van der Waals surface area contributed by atoms with Gasteiger partial charge in [0.25, 0.3) is 5.91 Å². The molecule has 0 radical (unpaired) electrons. The molecule has 1 amide bonds. The summed E-state index contributed by atoms with van der Waals surface area (Å²) in [6.45, 7) is 0. The van der Waals surface area contributed by atoms with E-state index in [9.17, 15) is 15.0 Å². The molecule has 0 spiro atoms. The van der Waals surface area contributed by atoms with Crippen molar-refractivity contribution in [2.75, 3.05) is 0 Å². The minimum Gasteiger partial charge on any atom is -0.504 e. The molecule has 3 N–H and O–H groups in total. The van der Waals surface area contributed by atoms with Gasteiger partial charge in [0.05, 0.1) is 11.6 Å². The molecule has 2 aromatic carbocycles. The molecule has 5 heteroatoms. The van der Waals surface area contributed by atoms with Crippen LogP contribution in [0.2, 0.25) is 0 Å². The highest BCUT2D eigenvalue weighted by molar-refractivity contribution is 5.98. The summed E-state index contributed by atoms with van der Waals surface area (Å²) in [6, 6.07) is 17.0. The number of hydrogen-bond donors (Lipinski definition) is 3. The van der Waals surface area contributed by atoms with E-state index in [-0.39, 0.29) is 11.3 Å². The molecular weight excluding hydrogens is 304 g/mol. The van der Waals surface area contributed by atoms with Gasteiger partial charge in [0.15, 0.2) is 11.5 Å². The molecule has 0 aliphatic carbocycles. The number of carbonyl (C=O) groups is 1. The van der Waals surface area contributed by atoms with E-state index < -0.39 is 17.7 Å². The molecular formula is C19H16N2O3. The molecule has 0 saturated heterocycles. The average molecular weight is 320 g/mol. The number of benzene rings is 2. The highest BCUT2D eigenvalue weighted by atomic mass is 16.3. The smallest absolute Gasteiger partial charge is 0.255 e. The van der Waals surface area contributed by atoms with Gasteiger partial charge in [-0.15, -0.1) is 0 Å². The summed E-state index contributed by atoms with van der Waals surface area (Å²) in [7, 11) is 0. The Labute approximate surface area is 139 Å². The second kappa shape index (κ2) is 6.83. The third-order valence-electron chi connectivity index (χ3n) is 3.69. The summed E-state index contributed by atoms with van der Waals surface area (Å²) < 4.78 is 0. The number of phenols is 2. The van der Waals surface area contributed by atoms with Gasteiger partial charge >= 0.3 is 0 Å². The van der Waals surface area contributed by atoms with Crippen LogP contribution in [0.1, 0.15) is 27.5 Å². The van der Waals surface area contributed by atoms with Gasteiger partial charge in [-0.3, -0.25) is 9.78 Å². The lowest BCUT2D eigenvalue weighted by Crippen LogP contribution is -2.29. The first-order valence-corrected chi connectivity index (χ1v) is 7.43. The maximum absolute atomic E-state index is 12.6. The summed E-state index contributed by atoms with van der Waals surface area (Å²) in [6.07, 6.45) is 3.34. The molecule has 1 atom stereocenters. The Hall–Kier alpha value is -3.34. The molecule has 5 nitrogen and oxygen atoms in total. The maximum atomic E-state index is 12.6. The SMILES string of the molecule is O=C(N[C@H](c1ccccc1)c1cccnc1)c1cccc(O)c1O. The number of para-hydroxylation sites is 1. The van der Waals surface area contributed by atoms with Gasteiger partial charge in [-0.05, 0) is 29.3 Å². The van der Waals surface area contributed by atoms with Crippen LogP contribution in [0.3, 0.4) is 0 Å². The summed E-state index contributed by atoms with van der Waals surface area (Å²) in [4.78, 5) is 16.7. The fourth-order valence-corrected chi connectivity index (χ4v) is 2.47. The van der Waals surface area contributed by atoms with Gasteiger partial charge in [-0.25, -0.2) is 0 Å². The summed E-state index contributed by atoms with van der Waals surface area (Å²) >= 11 is 0. The first-order chi connectivity index (χ1) is 11.7.